The number of phenolic OH excluding ortho intramolecular Hbond substituents is 1. The van der Waals surface area contributed by atoms with Crippen LogP contribution in [0.15, 0.2) is 52.5 Å². The molecule has 0 saturated carbocycles. The highest BCUT2D eigenvalue weighted by Gasteiger charge is 2.18. The Morgan fingerprint density at radius 3 is 2.69 bits per heavy atom. The van der Waals surface area contributed by atoms with Crippen molar-refractivity contribution in [3.63, 3.8) is 0 Å². The van der Waals surface area contributed by atoms with Crippen molar-refractivity contribution in [3.8, 4) is 17.1 Å². The van der Waals surface area contributed by atoms with Crippen LogP contribution in [0.25, 0.3) is 11.4 Å². The number of non-ortho nitro benzene ring substituents is 1. The smallest absolute Gasteiger partial charge is 0.270 e. The quantitative estimate of drug-likeness (QED) is 0.401. The normalized spacial score (nSPS) is 10.7. The van der Waals surface area contributed by atoms with Crippen LogP contribution in [0.4, 0.5) is 5.69 Å². The van der Waals surface area contributed by atoms with Gasteiger partial charge in [-0.15, -0.1) is 10.2 Å². The molecule has 0 atom stereocenters. The molecule has 1 aromatic heterocycles. The van der Waals surface area contributed by atoms with E-state index in [0.717, 1.165) is 0 Å². The minimum absolute atomic E-state index is 0.0927. The molecule has 0 radical (unpaired) electrons. The molecule has 0 amide bonds. The van der Waals surface area contributed by atoms with E-state index in [9.17, 15) is 20.0 Å². The zero-order chi connectivity index (χ0) is 18.7. The molecule has 0 bridgehead atoms. The Labute approximate surface area is 152 Å². The summed E-state index contributed by atoms with van der Waals surface area (Å²) in [6.45, 7) is 2.45. The molecule has 8 nitrogen and oxygen atoms in total. The maximum Gasteiger partial charge on any atom is 0.270 e. The van der Waals surface area contributed by atoms with Crippen molar-refractivity contribution in [2.75, 3.05) is 0 Å². The Hall–Kier alpha value is -3.20. The lowest BCUT2D eigenvalue weighted by Gasteiger charge is -2.09. The number of hydrogen-bond donors (Lipinski definition) is 1. The largest absolute Gasteiger partial charge is 0.507 e. The van der Waals surface area contributed by atoms with Gasteiger partial charge < -0.3 is 9.67 Å². The van der Waals surface area contributed by atoms with Crippen molar-refractivity contribution in [2.45, 2.75) is 23.5 Å². The highest BCUT2D eigenvalue weighted by molar-refractivity contribution is 7.99. The van der Waals surface area contributed by atoms with Crippen molar-refractivity contribution in [2.24, 2.45) is 0 Å². The van der Waals surface area contributed by atoms with E-state index in [1.807, 2.05) is 6.92 Å². The second-order valence-electron chi connectivity index (χ2n) is 5.27. The zero-order valence-corrected chi connectivity index (χ0v) is 14.5. The minimum atomic E-state index is -0.549. The summed E-state index contributed by atoms with van der Waals surface area (Å²) >= 11 is 1.19. The molecule has 1 heterocycles. The summed E-state index contributed by atoms with van der Waals surface area (Å²) in [6.07, 6.45) is 0.575. The van der Waals surface area contributed by atoms with Crippen LogP contribution in [0.2, 0.25) is 0 Å². The number of aromatic nitrogens is 3. The van der Waals surface area contributed by atoms with Crippen LogP contribution in [0.5, 0.6) is 5.75 Å². The van der Waals surface area contributed by atoms with Crippen molar-refractivity contribution in [1.82, 2.24) is 14.8 Å². The minimum Gasteiger partial charge on any atom is -0.507 e. The monoisotopic (exact) mass is 370 g/mol. The molecule has 26 heavy (non-hydrogen) atoms. The Kier molecular flexibility index (Phi) is 4.99. The van der Waals surface area contributed by atoms with E-state index in [4.69, 9.17) is 0 Å². The number of phenols is 1. The molecule has 132 valence electrons. The number of aldehydes is 1. The third kappa shape index (κ3) is 3.29. The lowest BCUT2D eigenvalue weighted by atomic mass is 10.2. The van der Waals surface area contributed by atoms with Gasteiger partial charge >= 0.3 is 0 Å². The Bertz CT molecular complexity index is 987. The Balaban J connectivity index is 2.01. The van der Waals surface area contributed by atoms with Gasteiger partial charge in [-0.05, 0) is 36.9 Å². The SMILES string of the molecule is CCn1c(Sc2ccc([N+](=O)[O-])cc2C=O)nnc1-c1ccccc1O. The topological polar surface area (TPSA) is 111 Å². The summed E-state index contributed by atoms with van der Waals surface area (Å²) in [7, 11) is 0. The van der Waals surface area contributed by atoms with Crippen LogP contribution >= 0.6 is 11.8 Å². The van der Waals surface area contributed by atoms with Crippen molar-refractivity contribution in [3.05, 3.63) is 58.1 Å². The third-order valence-electron chi connectivity index (χ3n) is 3.71. The maximum absolute atomic E-state index is 11.3. The van der Waals surface area contributed by atoms with Crippen LogP contribution in [0.3, 0.4) is 0 Å². The van der Waals surface area contributed by atoms with E-state index in [1.165, 1.54) is 30.0 Å². The number of aromatic hydroxyl groups is 1. The van der Waals surface area contributed by atoms with E-state index >= 15 is 0 Å². The summed E-state index contributed by atoms with van der Waals surface area (Å²) < 4.78 is 1.80. The van der Waals surface area contributed by atoms with Gasteiger partial charge in [-0.1, -0.05) is 12.1 Å². The molecule has 0 saturated heterocycles. The standard InChI is InChI=1S/C17H14N4O4S/c1-2-20-16(13-5-3-4-6-14(13)23)18-19-17(20)26-15-8-7-12(21(24)25)9-11(15)10-22/h3-10,23H,2H2,1H3. The van der Waals surface area contributed by atoms with E-state index < -0.39 is 4.92 Å². The van der Waals surface area contributed by atoms with Gasteiger partial charge in [-0.2, -0.15) is 0 Å². The molecule has 1 N–H and O–H groups in total. The number of para-hydroxylation sites is 1. The van der Waals surface area contributed by atoms with E-state index in [1.54, 1.807) is 28.8 Å². The van der Waals surface area contributed by atoms with E-state index in [2.05, 4.69) is 10.2 Å². The highest BCUT2D eigenvalue weighted by atomic mass is 32.2. The maximum atomic E-state index is 11.3. The molecule has 0 aliphatic carbocycles. The average Bonchev–Trinajstić information content (AvgIpc) is 3.04. The van der Waals surface area contributed by atoms with Gasteiger partial charge in [0.05, 0.1) is 10.5 Å². The number of nitro groups is 1. The fourth-order valence-corrected chi connectivity index (χ4v) is 3.41. The first-order valence-electron chi connectivity index (χ1n) is 7.68. The first-order valence-corrected chi connectivity index (χ1v) is 8.49. The van der Waals surface area contributed by atoms with Crippen LogP contribution in [-0.4, -0.2) is 31.1 Å². The predicted molar refractivity (Wildman–Crippen MR) is 95.4 cm³/mol. The summed E-state index contributed by atoms with van der Waals surface area (Å²) in [4.78, 5) is 22.2. The van der Waals surface area contributed by atoms with Crippen LogP contribution in [0, 0.1) is 10.1 Å². The molecular formula is C17H14N4O4S. The fourth-order valence-electron chi connectivity index (χ4n) is 2.44. The van der Waals surface area contributed by atoms with E-state index in [-0.39, 0.29) is 17.0 Å². The van der Waals surface area contributed by atoms with Crippen molar-refractivity contribution in [1.29, 1.82) is 0 Å². The predicted octanol–water partition coefficient (Wildman–Crippen LogP) is 3.54. The van der Waals surface area contributed by atoms with Gasteiger partial charge in [0.15, 0.2) is 17.3 Å². The number of carbonyl (C=O) groups excluding carboxylic acids is 1. The van der Waals surface area contributed by atoms with Gasteiger partial charge in [-0.3, -0.25) is 14.9 Å². The van der Waals surface area contributed by atoms with Gasteiger partial charge in [0.2, 0.25) is 0 Å². The summed E-state index contributed by atoms with van der Waals surface area (Å²) in [6, 6.07) is 10.9. The summed E-state index contributed by atoms with van der Waals surface area (Å²) in [5.74, 6) is 0.595. The summed E-state index contributed by atoms with van der Waals surface area (Å²) in [5, 5.41) is 29.7. The highest BCUT2D eigenvalue weighted by Crippen LogP contribution is 2.34. The lowest BCUT2D eigenvalue weighted by molar-refractivity contribution is -0.384. The second kappa shape index (κ2) is 7.36. The molecule has 0 unspecified atom stereocenters. The van der Waals surface area contributed by atoms with Crippen molar-refractivity contribution >= 4 is 23.7 Å². The first-order chi connectivity index (χ1) is 12.5. The molecule has 2 aromatic carbocycles. The van der Waals surface area contributed by atoms with Gasteiger partial charge in [0.1, 0.15) is 5.75 Å². The molecule has 3 rings (SSSR count). The molecule has 9 heteroatoms. The van der Waals surface area contributed by atoms with Gasteiger partial charge in [0, 0.05) is 29.1 Å². The number of nitrogens with zero attached hydrogens (tertiary/aromatic N) is 4. The first kappa shape index (κ1) is 17.6. The average molecular weight is 370 g/mol. The van der Waals surface area contributed by atoms with Crippen molar-refractivity contribution < 1.29 is 14.8 Å². The van der Waals surface area contributed by atoms with Crippen LogP contribution in [0.1, 0.15) is 17.3 Å². The molecule has 3 aromatic rings. The van der Waals surface area contributed by atoms with Gasteiger partial charge in [-0.25, -0.2) is 0 Å². The molecule has 0 aliphatic heterocycles. The number of hydrogen-bond acceptors (Lipinski definition) is 7. The van der Waals surface area contributed by atoms with Gasteiger partial charge in [0.25, 0.3) is 5.69 Å². The second-order valence-corrected chi connectivity index (χ2v) is 6.28. The van der Waals surface area contributed by atoms with E-state index in [0.29, 0.717) is 34.3 Å². The Morgan fingerprint density at radius 2 is 2.04 bits per heavy atom. The summed E-state index contributed by atoms with van der Waals surface area (Å²) in [5.41, 5.74) is 0.607. The van der Waals surface area contributed by atoms with Crippen LogP contribution in [-0.2, 0) is 6.54 Å². The molecule has 0 fully saturated rings. The number of carbonyl (C=O) groups is 1. The van der Waals surface area contributed by atoms with Crippen LogP contribution < -0.4 is 0 Å². The molecule has 0 aliphatic rings. The zero-order valence-electron chi connectivity index (χ0n) is 13.7. The molecular weight excluding hydrogens is 356 g/mol. The number of benzene rings is 2. The third-order valence-corrected chi connectivity index (χ3v) is 4.79. The fraction of sp³-hybridized carbons (Fsp3) is 0.118. The number of rotatable bonds is 6. The Morgan fingerprint density at radius 1 is 1.27 bits per heavy atom. The lowest BCUT2D eigenvalue weighted by Crippen LogP contribution is -2.00. The molecule has 0 spiro atoms. The number of nitro benzene ring substituents is 1.